The lowest BCUT2D eigenvalue weighted by Crippen LogP contribution is -1.72. The molecule has 62 valence electrons. The van der Waals surface area contributed by atoms with Crippen LogP contribution >= 0.6 is 0 Å². The Morgan fingerprint density at radius 2 is 2.00 bits per heavy atom. The molecule has 0 amide bonds. The van der Waals surface area contributed by atoms with Crippen LogP contribution in [0, 0.1) is 6.92 Å². The SMILES string of the molecule is Cc1c[nH]c2ccc(O)c(O)c12. The van der Waals surface area contributed by atoms with Crippen molar-refractivity contribution < 1.29 is 10.2 Å². The van der Waals surface area contributed by atoms with Crippen molar-refractivity contribution in [3.63, 3.8) is 0 Å². The summed E-state index contributed by atoms with van der Waals surface area (Å²) in [6.45, 7) is 1.87. The van der Waals surface area contributed by atoms with Gasteiger partial charge < -0.3 is 15.2 Å². The molecule has 3 nitrogen and oxygen atoms in total. The second-order valence-corrected chi connectivity index (χ2v) is 2.83. The fourth-order valence-electron chi connectivity index (χ4n) is 1.36. The van der Waals surface area contributed by atoms with Gasteiger partial charge in [0.1, 0.15) is 0 Å². The largest absolute Gasteiger partial charge is 0.504 e. The summed E-state index contributed by atoms with van der Waals surface area (Å²) in [5, 5.41) is 19.3. The fourth-order valence-corrected chi connectivity index (χ4v) is 1.36. The van der Waals surface area contributed by atoms with Crippen LogP contribution in [0.15, 0.2) is 18.3 Å². The number of hydrogen-bond donors (Lipinski definition) is 3. The van der Waals surface area contributed by atoms with Crippen molar-refractivity contribution in [2.24, 2.45) is 0 Å². The van der Waals surface area contributed by atoms with Crippen molar-refractivity contribution in [2.45, 2.75) is 6.92 Å². The molecule has 2 aromatic rings. The first-order valence-electron chi connectivity index (χ1n) is 3.69. The van der Waals surface area contributed by atoms with Crippen LogP contribution in [0.5, 0.6) is 11.5 Å². The lowest BCUT2D eigenvalue weighted by molar-refractivity contribution is 0.408. The van der Waals surface area contributed by atoms with E-state index in [4.69, 9.17) is 0 Å². The molecule has 0 spiro atoms. The molecule has 1 heterocycles. The number of phenols is 2. The highest BCUT2D eigenvalue weighted by Gasteiger charge is 2.07. The Balaban J connectivity index is 2.96. The minimum atomic E-state index is -0.0785. The number of nitrogens with one attached hydrogen (secondary N) is 1. The molecule has 3 N–H and O–H groups in total. The number of fused-ring (bicyclic) bond motifs is 1. The molecule has 3 heteroatoms. The van der Waals surface area contributed by atoms with Gasteiger partial charge in [0, 0.05) is 17.1 Å². The highest BCUT2D eigenvalue weighted by atomic mass is 16.3. The zero-order chi connectivity index (χ0) is 8.72. The summed E-state index contributed by atoms with van der Waals surface area (Å²) in [5.41, 5.74) is 1.77. The van der Waals surface area contributed by atoms with Crippen molar-refractivity contribution in [3.05, 3.63) is 23.9 Å². The maximum atomic E-state index is 9.46. The van der Waals surface area contributed by atoms with Crippen LogP contribution in [-0.2, 0) is 0 Å². The highest BCUT2D eigenvalue weighted by molar-refractivity contribution is 5.90. The molecule has 0 aliphatic carbocycles. The number of phenolic OH excluding ortho intramolecular Hbond substituents is 2. The number of hydrogen-bond acceptors (Lipinski definition) is 2. The van der Waals surface area contributed by atoms with Gasteiger partial charge in [-0.05, 0) is 24.6 Å². The standard InChI is InChI=1S/C9H9NO2/c1-5-4-10-6-2-3-7(11)9(12)8(5)6/h2-4,10-12H,1H3. The number of aromatic hydroxyl groups is 2. The number of H-pyrrole nitrogens is 1. The zero-order valence-electron chi connectivity index (χ0n) is 6.63. The van der Waals surface area contributed by atoms with Gasteiger partial charge in [0.25, 0.3) is 0 Å². The van der Waals surface area contributed by atoms with Crippen LogP contribution in [0.4, 0.5) is 0 Å². The second-order valence-electron chi connectivity index (χ2n) is 2.83. The minimum Gasteiger partial charge on any atom is -0.504 e. The Morgan fingerprint density at radius 3 is 2.75 bits per heavy atom. The normalized spacial score (nSPS) is 10.8. The first-order valence-corrected chi connectivity index (χ1v) is 3.69. The number of benzene rings is 1. The second kappa shape index (κ2) is 2.17. The van der Waals surface area contributed by atoms with Gasteiger partial charge in [-0.1, -0.05) is 0 Å². The molecule has 0 fully saturated rings. The molecule has 0 saturated heterocycles. The Labute approximate surface area is 69.3 Å². The van der Waals surface area contributed by atoms with E-state index >= 15 is 0 Å². The van der Waals surface area contributed by atoms with E-state index < -0.39 is 0 Å². The third-order valence-electron chi connectivity index (χ3n) is 2.00. The van der Waals surface area contributed by atoms with Gasteiger partial charge in [-0.2, -0.15) is 0 Å². The molecular formula is C9H9NO2. The van der Waals surface area contributed by atoms with Crippen molar-refractivity contribution in [1.82, 2.24) is 4.98 Å². The van der Waals surface area contributed by atoms with Gasteiger partial charge in [0.15, 0.2) is 11.5 Å². The molecule has 0 saturated carbocycles. The number of aryl methyl sites for hydroxylation is 1. The maximum Gasteiger partial charge on any atom is 0.167 e. The number of aromatic nitrogens is 1. The topological polar surface area (TPSA) is 56.2 Å². The van der Waals surface area contributed by atoms with E-state index in [1.165, 1.54) is 6.07 Å². The van der Waals surface area contributed by atoms with E-state index in [1.54, 1.807) is 12.3 Å². The first kappa shape index (κ1) is 7.03. The van der Waals surface area contributed by atoms with E-state index in [9.17, 15) is 10.2 Å². The summed E-state index contributed by atoms with van der Waals surface area (Å²) < 4.78 is 0. The number of rotatable bonds is 0. The molecule has 0 aliphatic heterocycles. The Bertz CT molecular complexity index is 431. The molecule has 0 radical (unpaired) electrons. The van der Waals surface area contributed by atoms with Crippen molar-refractivity contribution in [3.8, 4) is 11.5 Å². The fraction of sp³-hybridized carbons (Fsp3) is 0.111. The zero-order valence-corrected chi connectivity index (χ0v) is 6.63. The van der Waals surface area contributed by atoms with E-state index in [0.29, 0.717) is 5.39 Å². The average molecular weight is 163 g/mol. The van der Waals surface area contributed by atoms with Crippen molar-refractivity contribution >= 4 is 10.9 Å². The highest BCUT2D eigenvalue weighted by Crippen LogP contribution is 2.34. The van der Waals surface area contributed by atoms with Gasteiger partial charge in [0.2, 0.25) is 0 Å². The molecule has 0 aliphatic rings. The summed E-state index contributed by atoms with van der Waals surface area (Å²) in [6, 6.07) is 3.20. The van der Waals surface area contributed by atoms with E-state index in [0.717, 1.165) is 11.1 Å². The first-order chi connectivity index (χ1) is 5.70. The predicted octanol–water partition coefficient (Wildman–Crippen LogP) is 1.89. The van der Waals surface area contributed by atoms with Crippen LogP contribution < -0.4 is 0 Å². The molecule has 12 heavy (non-hydrogen) atoms. The smallest absolute Gasteiger partial charge is 0.167 e. The number of aromatic amines is 1. The van der Waals surface area contributed by atoms with Gasteiger partial charge in [-0.3, -0.25) is 0 Å². The predicted molar refractivity (Wildman–Crippen MR) is 46.4 cm³/mol. The Kier molecular flexibility index (Phi) is 1.27. The van der Waals surface area contributed by atoms with Crippen LogP contribution in [0.3, 0.4) is 0 Å². The van der Waals surface area contributed by atoms with Crippen LogP contribution in [-0.4, -0.2) is 15.2 Å². The third-order valence-corrected chi connectivity index (χ3v) is 2.00. The van der Waals surface area contributed by atoms with Gasteiger partial charge in [-0.15, -0.1) is 0 Å². The van der Waals surface area contributed by atoms with Gasteiger partial charge in [-0.25, -0.2) is 0 Å². The lowest BCUT2D eigenvalue weighted by atomic mass is 10.1. The average Bonchev–Trinajstić information content (AvgIpc) is 2.41. The summed E-state index contributed by atoms with van der Waals surface area (Å²) >= 11 is 0. The van der Waals surface area contributed by atoms with Crippen LogP contribution in [0.2, 0.25) is 0 Å². The molecule has 0 bridgehead atoms. The third kappa shape index (κ3) is 0.763. The quantitative estimate of drug-likeness (QED) is 0.519. The van der Waals surface area contributed by atoms with Crippen LogP contribution in [0.25, 0.3) is 10.9 Å². The van der Waals surface area contributed by atoms with E-state index in [1.807, 2.05) is 6.92 Å². The van der Waals surface area contributed by atoms with Gasteiger partial charge in [0.05, 0.1) is 0 Å². The van der Waals surface area contributed by atoms with E-state index in [2.05, 4.69) is 4.98 Å². The summed E-state index contributed by atoms with van der Waals surface area (Å²) in [6.07, 6.45) is 1.80. The molecular weight excluding hydrogens is 154 g/mol. The molecule has 1 aromatic heterocycles. The van der Waals surface area contributed by atoms with Crippen molar-refractivity contribution in [2.75, 3.05) is 0 Å². The monoisotopic (exact) mass is 163 g/mol. The Morgan fingerprint density at radius 1 is 1.25 bits per heavy atom. The van der Waals surface area contributed by atoms with Gasteiger partial charge >= 0.3 is 0 Å². The summed E-state index contributed by atoms with van der Waals surface area (Å²) in [4.78, 5) is 2.98. The minimum absolute atomic E-state index is 0.0498. The lowest BCUT2D eigenvalue weighted by Gasteiger charge is -1.98. The van der Waals surface area contributed by atoms with Crippen LogP contribution in [0.1, 0.15) is 5.56 Å². The molecule has 0 unspecified atom stereocenters. The van der Waals surface area contributed by atoms with Crippen molar-refractivity contribution in [1.29, 1.82) is 0 Å². The maximum absolute atomic E-state index is 9.46. The summed E-state index contributed by atoms with van der Waals surface area (Å²) in [7, 11) is 0. The molecule has 0 atom stereocenters. The Hall–Kier alpha value is -1.64. The summed E-state index contributed by atoms with van der Waals surface area (Å²) in [5.74, 6) is -0.128. The van der Waals surface area contributed by atoms with E-state index in [-0.39, 0.29) is 11.5 Å². The molecule has 1 aromatic carbocycles. The molecule has 2 rings (SSSR count).